The first-order valence-electron chi connectivity index (χ1n) is 11.7. The van der Waals surface area contributed by atoms with E-state index < -0.39 is 12.0 Å². The summed E-state index contributed by atoms with van der Waals surface area (Å²) in [6, 6.07) is 5.86. The number of hydrogen-bond acceptors (Lipinski definition) is 6. The highest BCUT2D eigenvalue weighted by Crippen LogP contribution is 2.30. The Labute approximate surface area is 188 Å². The molecule has 0 unspecified atom stereocenters. The molecule has 0 aromatic heterocycles. The van der Waals surface area contributed by atoms with Gasteiger partial charge in [0, 0.05) is 19.0 Å². The highest BCUT2D eigenvalue weighted by molar-refractivity contribution is 6.22. The van der Waals surface area contributed by atoms with Crippen molar-refractivity contribution >= 4 is 29.4 Å². The van der Waals surface area contributed by atoms with E-state index in [2.05, 4.69) is 0 Å². The zero-order valence-corrected chi connectivity index (χ0v) is 18.6. The lowest BCUT2D eigenvalue weighted by molar-refractivity contribution is -0.138. The summed E-state index contributed by atoms with van der Waals surface area (Å²) in [5.41, 5.74) is 0.845. The number of likely N-dealkylation sites (tertiary alicyclic amines) is 2. The molecule has 4 rings (SSSR count). The van der Waals surface area contributed by atoms with E-state index in [-0.39, 0.29) is 36.7 Å². The minimum absolute atomic E-state index is 0.0167. The SMILES string of the molecule is CCOC(=O)c1ccc(N2C(=O)C[C@@H](N3CCC(C(=O)N4CCCCC4)CC3)C2=O)cc1. The maximum atomic E-state index is 13.1. The molecule has 1 aromatic rings. The fourth-order valence-corrected chi connectivity index (χ4v) is 4.96. The number of ether oxygens (including phenoxy) is 1. The first-order chi connectivity index (χ1) is 15.5. The second-order valence-electron chi connectivity index (χ2n) is 8.75. The second kappa shape index (κ2) is 9.81. The molecule has 8 heteroatoms. The van der Waals surface area contributed by atoms with Crippen LogP contribution >= 0.6 is 0 Å². The average Bonchev–Trinajstić information content (AvgIpc) is 3.13. The summed E-state index contributed by atoms with van der Waals surface area (Å²) in [6.07, 6.45) is 4.95. The van der Waals surface area contributed by atoms with E-state index >= 15 is 0 Å². The third kappa shape index (κ3) is 4.55. The summed E-state index contributed by atoms with van der Waals surface area (Å²) >= 11 is 0. The standard InChI is InChI=1S/C24H31N3O5/c1-2-32-24(31)18-6-8-19(9-7-18)27-21(28)16-20(23(27)30)25-14-10-17(11-15-25)22(29)26-12-4-3-5-13-26/h6-9,17,20H,2-5,10-16H2,1H3/t20-/m1/s1. The Kier molecular flexibility index (Phi) is 6.89. The van der Waals surface area contributed by atoms with Crippen molar-refractivity contribution in [1.29, 1.82) is 0 Å². The topological polar surface area (TPSA) is 87.2 Å². The minimum atomic E-state index is -0.488. The lowest BCUT2D eigenvalue weighted by Crippen LogP contribution is -2.49. The Morgan fingerprint density at radius 2 is 1.62 bits per heavy atom. The lowest BCUT2D eigenvalue weighted by atomic mass is 9.93. The number of rotatable bonds is 5. The van der Waals surface area contributed by atoms with Gasteiger partial charge in [0.2, 0.25) is 11.8 Å². The van der Waals surface area contributed by atoms with Crippen LogP contribution in [0.1, 0.15) is 55.8 Å². The van der Waals surface area contributed by atoms with Crippen molar-refractivity contribution in [3.8, 4) is 0 Å². The maximum Gasteiger partial charge on any atom is 0.338 e. The molecule has 3 aliphatic rings. The van der Waals surface area contributed by atoms with Crippen molar-refractivity contribution in [3.05, 3.63) is 29.8 Å². The van der Waals surface area contributed by atoms with Crippen LogP contribution in [0.25, 0.3) is 0 Å². The molecule has 0 saturated carbocycles. The fourth-order valence-electron chi connectivity index (χ4n) is 4.96. The van der Waals surface area contributed by atoms with Gasteiger partial charge in [0.05, 0.1) is 30.3 Å². The van der Waals surface area contributed by atoms with Gasteiger partial charge in [-0.2, -0.15) is 0 Å². The van der Waals surface area contributed by atoms with Gasteiger partial charge in [0.1, 0.15) is 0 Å². The maximum absolute atomic E-state index is 13.1. The highest BCUT2D eigenvalue weighted by Gasteiger charge is 2.44. The minimum Gasteiger partial charge on any atom is -0.462 e. The molecule has 1 atom stereocenters. The molecular weight excluding hydrogens is 410 g/mol. The predicted octanol–water partition coefficient (Wildman–Crippen LogP) is 2.22. The number of esters is 1. The normalized spacial score (nSPS) is 23.0. The van der Waals surface area contributed by atoms with Gasteiger partial charge in [-0.25, -0.2) is 9.69 Å². The van der Waals surface area contributed by atoms with Gasteiger partial charge >= 0.3 is 5.97 Å². The lowest BCUT2D eigenvalue weighted by Gasteiger charge is -2.37. The van der Waals surface area contributed by atoms with Gasteiger partial charge in [-0.3, -0.25) is 19.3 Å². The molecule has 3 fully saturated rings. The fraction of sp³-hybridized carbons (Fsp3) is 0.583. The van der Waals surface area contributed by atoms with Gasteiger partial charge in [0.15, 0.2) is 0 Å². The summed E-state index contributed by atoms with van der Waals surface area (Å²) in [5, 5.41) is 0. The third-order valence-electron chi connectivity index (χ3n) is 6.75. The van der Waals surface area contributed by atoms with Crippen molar-refractivity contribution in [2.24, 2.45) is 5.92 Å². The smallest absolute Gasteiger partial charge is 0.338 e. The zero-order valence-electron chi connectivity index (χ0n) is 18.6. The number of anilines is 1. The first-order valence-corrected chi connectivity index (χ1v) is 11.7. The van der Waals surface area contributed by atoms with E-state index in [9.17, 15) is 19.2 Å². The number of nitrogens with zero attached hydrogens (tertiary/aromatic N) is 3. The molecule has 0 N–H and O–H groups in total. The van der Waals surface area contributed by atoms with Crippen molar-refractivity contribution in [1.82, 2.24) is 9.80 Å². The number of carbonyl (C=O) groups is 4. The van der Waals surface area contributed by atoms with Gasteiger partial charge in [-0.1, -0.05) is 0 Å². The molecular formula is C24H31N3O5. The second-order valence-corrected chi connectivity index (χ2v) is 8.75. The molecule has 0 bridgehead atoms. The molecule has 3 amide bonds. The van der Waals surface area contributed by atoms with Crippen molar-refractivity contribution < 1.29 is 23.9 Å². The number of carbonyl (C=O) groups excluding carboxylic acids is 4. The monoisotopic (exact) mass is 441 g/mol. The van der Waals surface area contributed by atoms with Crippen LogP contribution in [0.4, 0.5) is 5.69 Å². The van der Waals surface area contributed by atoms with Crippen LogP contribution in [0.2, 0.25) is 0 Å². The zero-order chi connectivity index (χ0) is 22.7. The van der Waals surface area contributed by atoms with E-state index in [0.717, 1.165) is 38.8 Å². The average molecular weight is 442 g/mol. The molecule has 0 radical (unpaired) electrons. The summed E-state index contributed by atoms with van der Waals surface area (Å²) in [6.45, 7) is 5.02. The summed E-state index contributed by atoms with van der Waals surface area (Å²) in [7, 11) is 0. The van der Waals surface area contributed by atoms with Crippen LogP contribution in [-0.2, 0) is 19.1 Å². The molecule has 3 saturated heterocycles. The van der Waals surface area contributed by atoms with Gasteiger partial charge in [-0.05, 0) is 76.4 Å². The Balaban J connectivity index is 1.36. The number of benzene rings is 1. The predicted molar refractivity (Wildman–Crippen MR) is 118 cm³/mol. The Bertz CT molecular complexity index is 870. The van der Waals surface area contributed by atoms with Crippen molar-refractivity contribution in [3.63, 3.8) is 0 Å². The Morgan fingerprint density at radius 1 is 0.969 bits per heavy atom. The van der Waals surface area contributed by atoms with Gasteiger partial charge in [0.25, 0.3) is 5.91 Å². The van der Waals surface area contributed by atoms with Gasteiger partial charge in [-0.15, -0.1) is 0 Å². The van der Waals surface area contributed by atoms with E-state index in [0.29, 0.717) is 24.3 Å². The van der Waals surface area contributed by atoms with Crippen LogP contribution in [0.5, 0.6) is 0 Å². The van der Waals surface area contributed by atoms with E-state index in [4.69, 9.17) is 4.74 Å². The molecule has 1 aromatic carbocycles. The highest BCUT2D eigenvalue weighted by atomic mass is 16.5. The molecule has 0 aliphatic carbocycles. The van der Waals surface area contributed by atoms with Crippen molar-refractivity contribution in [2.75, 3.05) is 37.7 Å². The first kappa shape index (κ1) is 22.5. The third-order valence-corrected chi connectivity index (χ3v) is 6.75. The quantitative estimate of drug-likeness (QED) is 0.514. The molecule has 3 heterocycles. The van der Waals surface area contributed by atoms with E-state index in [1.807, 2.05) is 9.80 Å². The van der Waals surface area contributed by atoms with Crippen LogP contribution < -0.4 is 4.90 Å². The summed E-state index contributed by atoms with van der Waals surface area (Å²) in [4.78, 5) is 55.7. The largest absolute Gasteiger partial charge is 0.462 e. The Morgan fingerprint density at radius 3 is 2.25 bits per heavy atom. The summed E-state index contributed by atoms with van der Waals surface area (Å²) in [5.74, 6) is -0.641. The molecule has 32 heavy (non-hydrogen) atoms. The number of amides is 3. The van der Waals surface area contributed by atoms with Gasteiger partial charge < -0.3 is 9.64 Å². The number of imide groups is 1. The van der Waals surface area contributed by atoms with Crippen LogP contribution in [-0.4, -0.2) is 72.3 Å². The molecule has 8 nitrogen and oxygen atoms in total. The van der Waals surface area contributed by atoms with Crippen LogP contribution in [0, 0.1) is 5.92 Å². The van der Waals surface area contributed by atoms with E-state index in [1.165, 1.54) is 11.3 Å². The van der Waals surface area contributed by atoms with Crippen LogP contribution in [0.15, 0.2) is 24.3 Å². The Hall–Kier alpha value is -2.74. The molecule has 0 spiro atoms. The molecule has 172 valence electrons. The van der Waals surface area contributed by atoms with E-state index in [1.54, 1.807) is 31.2 Å². The number of hydrogen-bond donors (Lipinski definition) is 0. The molecule has 3 aliphatic heterocycles. The summed E-state index contributed by atoms with van der Waals surface area (Å²) < 4.78 is 4.98. The van der Waals surface area contributed by atoms with Crippen LogP contribution in [0.3, 0.4) is 0 Å². The number of piperidine rings is 2. The van der Waals surface area contributed by atoms with Crippen molar-refractivity contribution in [2.45, 2.75) is 51.5 Å².